The largest absolute Gasteiger partial charge is 0.375 e. The van der Waals surface area contributed by atoms with E-state index in [9.17, 15) is 0 Å². The molecule has 19 heavy (non-hydrogen) atoms. The molecule has 2 heteroatoms. The highest BCUT2D eigenvalue weighted by Gasteiger charge is 2.40. The van der Waals surface area contributed by atoms with Gasteiger partial charge >= 0.3 is 0 Å². The Morgan fingerprint density at radius 1 is 1.00 bits per heavy atom. The van der Waals surface area contributed by atoms with Crippen molar-refractivity contribution in [3.05, 3.63) is 0 Å². The molecule has 3 rings (SSSR count). The molecule has 3 fully saturated rings. The molecular formula is C17H31NO. The van der Waals surface area contributed by atoms with Crippen LogP contribution in [0.4, 0.5) is 0 Å². The highest BCUT2D eigenvalue weighted by atomic mass is 16.5. The molecule has 1 N–H and O–H groups in total. The van der Waals surface area contributed by atoms with Crippen molar-refractivity contribution in [2.75, 3.05) is 6.61 Å². The van der Waals surface area contributed by atoms with Crippen molar-refractivity contribution in [2.24, 2.45) is 11.8 Å². The molecule has 110 valence electrons. The van der Waals surface area contributed by atoms with E-state index >= 15 is 0 Å². The van der Waals surface area contributed by atoms with Crippen molar-refractivity contribution < 1.29 is 4.74 Å². The third-order valence-corrected chi connectivity index (χ3v) is 6.16. The lowest BCUT2D eigenvalue weighted by molar-refractivity contribution is -0.0861. The van der Waals surface area contributed by atoms with Crippen LogP contribution in [0.1, 0.15) is 71.6 Å². The molecule has 1 spiro atoms. The first-order chi connectivity index (χ1) is 9.19. The molecule has 1 saturated heterocycles. The van der Waals surface area contributed by atoms with Crippen LogP contribution in [-0.2, 0) is 4.74 Å². The number of hydrogen-bond donors (Lipinski definition) is 1. The summed E-state index contributed by atoms with van der Waals surface area (Å²) in [5.41, 5.74) is 0.263. The molecule has 1 aliphatic heterocycles. The van der Waals surface area contributed by atoms with Crippen molar-refractivity contribution in [1.82, 2.24) is 5.32 Å². The fraction of sp³-hybridized carbons (Fsp3) is 1.00. The van der Waals surface area contributed by atoms with Gasteiger partial charge in [0.15, 0.2) is 0 Å². The third kappa shape index (κ3) is 3.00. The van der Waals surface area contributed by atoms with Gasteiger partial charge in [0.1, 0.15) is 0 Å². The predicted octanol–water partition coefficient (Wildman–Crippen LogP) is 3.89. The molecule has 0 aromatic heterocycles. The zero-order valence-electron chi connectivity index (χ0n) is 12.8. The van der Waals surface area contributed by atoms with Crippen LogP contribution in [0, 0.1) is 11.8 Å². The van der Waals surface area contributed by atoms with Gasteiger partial charge in [-0.05, 0) is 43.9 Å². The molecule has 2 nitrogen and oxygen atoms in total. The van der Waals surface area contributed by atoms with E-state index in [0.717, 1.165) is 24.5 Å². The molecule has 4 atom stereocenters. The van der Waals surface area contributed by atoms with Crippen LogP contribution in [0.5, 0.6) is 0 Å². The first kappa shape index (κ1) is 13.9. The first-order valence-electron chi connectivity index (χ1n) is 8.59. The molecule has 3 aliphatic rings. The number of rotatable bonds is 2. The Morgan fingerprint density at radius 3 is 2.58 bits per heavy atom. The van der Waals surface area contributed by atoms with E-state index in [4.69, 9.17) is 4.74 Å². The van der Waals surface area contributed by atoms with Crippen LogP contribution in [-0.4, -0.2) is 24.3 Å². The zero-order valence-corrected chi connectivity index (χ0v) is 12.8. The smallest absolute Gasteiger partial charge is 0.0697 e. The molecular weight excluding hydrogens is 234 g/mol. The molecule has 0 amide bonds. The van der Waals surface area contributed by atoms with Crippen molar-refractivity contribution >= 4 is 0 Å². The van der Waals surface area contributed by atoms with Crippen LogP contribution in [0.2, 0.25) is 0 Å². The van der Waals surface area contributed by atoms with Crippen LogP contribution in [0.25, 0.3) is 0 Å². The summed E-state index contributed by atoms with van der Waals surface area (Å²) in [4.78, 5) is 0. The number of nitrogens with one attached hydrogen (secondary N) is 1. The average molecular weight is 265 g/mol. The maximum Gasteiger partial charge on any atom is 0.0697 e. The van der Waals surface area contributed by atoms with Crippen LogP contribution in [0.15, 0.2) is 0 Å². The Kier molecular flexibility index (Phi) is 4.19. The highest BCUT2D eigenvalue weighted by Crippen LogP contribution is 2.40. The summed E-state index contributed by atoms with van der Waals surface area (Å²) in [6.07, 6.45) is 12.1. The minimum atomic E-state index is 0.263. The second-order valence-corrected chi connectivity index (χ2v) is 7.47. The van der Waals surface area contributed by atoms with Crippen molar-refractivity contribution in [3.8, 4) is 0 Å². The SMILES string of the molecule is CC1CCCC(NC2CCOC3(CCCC3)C2)C1C. The van der Waals surface area contributed by atoms with Crippen molar-refractivity contribution in [1.29, 1.82) is 0 Å². The average Bonchev–Trinajstić information content (AvgIpc) is 2.83. The quantitative estimate of drug-likeness (QED) is 0.818. The van der Waals surface area contributed by atoms with E-state index in [2.05, 4.69) is 19.2 Å². The second kappa shape index (κ2) is 5.73. The zero-order chi connectivity index (χ0) is 13.3. The minimum Gasteiger partial charge on any atom is -0.375 e. The monoisotopic (exact) mass is 265 g/mol. The van der Waals surface area contributed by atoms with Gasteiger partial charge in [0.05, 0.1) is 5.60 Å². The summed E-state index contributed by atoms with van der Waals surface area (Å²) < 4.78 is 6.15. The summed E-state index contributed by atoms with van der Waals surface area (Å²) in [5, 5.41) is 4.01. The molecule has 0 aromatic rings. The van der Waals surface area contributed by atoms with Gasteiger partial charge in [0, 0.05) is 18.7 Å². The predicted molar refractivity (Wildman–Crippen MR) is 79.3 cm³/mol. The van der Waals surface area contributed by atoms with Gasteiger partial charge in [-0.15, -0.1) is 0 Å². The van der Waals surface area contributed by atoms with E-state index in [-0.39, 0.29) is 5.60 Å². The topological polar surface area (TPSA) is 21.3 Å². The first-order valence-corrected chi connectivity index (χ1v) is 8.59. The van der Waals surface area contributed by atoms with Gasteiger partial charge in [-0.3, -0.25) is 0 Å². The fourth-order valence-corrected chi connectivity index (χ4v) is 4.66. The molecule has 0 bridgehead atoms. The molecule has 2 saturated carbocycles. The summed E-state index contributed by atoms with van der Waals surface area (Å²) in [6.45, 7) is 5.86. The van der Waals surface area contributed by atoms with E-state index in [1.54, 1.807) is 0 Å². The van der Waals surface area contributed by atoms with Crippen LogP contribution < -0.4 is 5.32 Å². The Labute approximate surface area is 118 Å². The maximum atomic E-state index is 6.15. The molecule has 4 unspecified atom stereocenters. The Bertz CT molecular complexity index is 298. The lowest BCUT2D eigenvalue weighted by atomic mass is 9.77. The maximum absolute atomic E-state index is 6.15. The highest BCUT2D eigenvalue weighted by molar-refractivity contribution is 4.95. The van der Waals surface area contributed by atoms with Crippen molar-refractivity contribution in [2.45, 2.75) is 89.3 Å². The van der Waals surface area contributed by atoms with E-state index in [0.29, 0.717) is 6.04 Å². The van der Waals surface area contributed by atoms with Gasteiger partial charge < -0.3 is 10.1 Å². The summed E-state index contributed by atoms with van der Waals surface area (Å²) in [7, 11) is 0. The Morgan fingerprint density at radius 2 is 1.79 bits per heavy atom. The Hall–Kier alpha value is -0.0800. The fourth-order valence-electron chi connectivity index (χ4n) is 4.66. The molecule has 0 radical (unpaired) electrons. The molecule has 1 heterocycles. The summed E-state index contributed by atoms with van der Waals surface area (Å²) >= 11 is 0. The summed E-state index contributed by atoms with van der Waals surface area (Å²) in [5.74, 6) is 1.74. The Balaban J connectivity index is 1.57. The minimum absolute atomic E-state index is 0.263. The van der Waals surface area contributed by atoms with Gasteiger partial charge in [0.2, 0.25) is 0 Å². The van der Waals surface area contributed by atoms with Crippen LogP contribution >= 0.6 is 0 Å². The summed E-state index contributed by atoms with van der Waals surface area (Å²) in [6, 6.07) is 1.47. The van der Waals surface area contributed by atoms with E-state index < -0.39 is 0 Å². The van der Waals surface area contributed by atoms with Gasteiger partial charge in [-0.1, -0.05) is 39.5 Å². The number of hydrogen-bond acceptors (Lipinski definition) is 2. The van der Waals surface area contributed by atoms with Gasteiger partial charge in [0.25, 0.3) is 0 Å². The normalized spacial score (nSPS) is 42.6. The van der Waals surface area contributed by atoms with Crippen LogP contribution in [0.3, 0.4) is 0 Å². The van der Waals surface area contributed by atoms with Gasteiger partial charge in [-0.2, -0.15) is 0 Å². The van der Waals surface area contributed by atoms with Gasteiger partial charge in [-0.25, -0.2) is 0 Å². The lowest BCUT2D eigenvalue weighted by Crippen LogP contribution is -2.51. The molecule has 2 aliphatic carbocycles. The van der Waals surface area contributed by atoms with E-state index in [1.165, 1.54) is 57.8 Å². The molecule has 0 aromatic carbocycles. The number of ether oxygens (including phenoxy) is 1. The third-order valence-electron chi connectivity index (χ3n) is 6.16. The van der Waals surface area contributed by atoms with E-state index in [1.807, 2.05) is 0 Å². The second-order valence-electron chi connectivity index (χ2n) is 7.47. The standard InChI is InChI=1S/C17H31NO/c1-13-6-5-7-16(14(13)2)18-15-8-11-19-17(12-15)9-3-4-10-17/h13-16,18H,3-12H2,1-2H3. The van der Waals surface area contributed by atoms with Crippen molar-refractivity contribution in [3.63, 3.8) is 0 Å². The lowest BCUT2D eigenvalue weighted by Gasteiger charge is -2.43.